The molecule has 0 atom stereocenters. The first-order chi connectivity index (χ1) is 8.00. The van der Waals surface area contributed by atoms with Crippen molar-refractivity contribution < 1.29 is 18.3 Å². The van der Waals surface area contributed by atoms with Gasteiger partial charge in [0.2, 0.25) is 5.82 Å². The fraction of sp³-hybridized carbons (Fsp3) is 0. The maximum absolute atomic E-state index is 13.5. The fourth-order valence-electron chi connectivity index (χ4n) is 1.43. The molecular weight excluding hydrogens is 253 g/mol. The number of halogens is 4. The Kier molecular flexibility index (Phi) is 2.98. The van der Waals surface area contributed by atoms with Crippen LogP contribution in [0.5, 0.6) is 5.75 Å². The van der Waals surface area contributed by atoms with Gasteiger partial charge in [0, 0.05) is 5.56 Å². The topological polar surface area (TPSA) is 20.2 Å². The zero-order chi connectivity index (χ0) is 12.6. The van der Waals surface area contributed by atoms with Crippen molar-refractivity contribution in [1.29, 1.82) is 0 Å². The van der Waals surface area contributed by atoms with Crippen LogP contribution in [0.4, 0.5) is 13.2 Å². The molecule has 0 aliphatic carbocycles. The van der Waals surface area contributed by atoms with Crippen LogP contribution in [0, 0.1) is 17.5 Å². The van der Waals surface area contributed by atoms with E-state index in [0.717, 1.165) is 12.1 Å². The largest absolute Gasteiger partial charge is 0.505 e. The molecule has 0 aromatic heterocycles. The van der Waals surface area contributed by atoms with Gasteiger partial charge in [0.05, 0.1) is 5.02 Å². The third kappa shape index (κ3) is 2.08. The van der Waals surface area contributed by atoms with Crippen LogP contribution in [0.25, 0.3) is 11.1 Å². The van der Waals surface area contributed by atoms with Gasteiger partial charge in [0.15, 0.2) is 11.6 Å². The molecule has 2 aromatic carbocycles. The Hall–Kier alpha value is -1.68. The molecule has 0 unspecified atom stereocenters. The van der Waals surface area contributed by atoms with Crippen LogP contribution in [0.3, 0.4) is 0 Å². The normalized spacial score (nSPS) is 10.6. The quantitative estimate of drug-likeness (QED) is 0.815. The molecular formula is C12H6ClF3O. The monoisotopic (exact) mass is 258 g/mol. The number of aromatic hydroxyl groups is 1. The summed E-state index contributed by atoms with van der Waals surface area (Å²) in [5, 5.41) is 8.78. The number of phenols is 1. The summed E-state index contributed by atoms with van der Waals surface area (Å²) in [6, 6.07) is 5.73. The summed E-state index contributed by atoms with van der Waals surface area (Å²) in [6.45, 7) is 0. The summed E-state index contributed by atoms with van der Waals surface area (Å²) in [5.41, 5.74) is 0.134. The van der Waals surface area contributed by atoms with Crippen LogP contribution in [0.1, 0.15) is 0 Å². The van der Waals surface area contributed by atoms with E-state index >= 15 is 0 Å². The summed E-state index contributed by atoms with van der Waals surface area (Å²) in [6.07, 6.45) is 0. The smallest absolute Gasteiger partial charge is 0.200 e. The van der Waals surface area contributed by atoms with E-state index in [2.05, 4.69) is 0 Å². The standard InChI is InChI=1S/C12H6ClF3O/c13-8-5-6(1-3-9(8)14)7-2-4-10(17)12(16)11(7)15/h1-5,17H. The second-order valence-corrected chi connectivity index (χ2v) is 3.80. The van der Waals surface area contributed by atoms with Crippen molar-refractivity contribution >= 4 is 11.6 Å². The minimum Gasteiger partial charge on any atom is -0.505 e. The second-order valence-electron chi connectivity index (χ2n) is 3.39. The molecule has 0 fully saturated rings. The van der Waals surface area contributed by atoms with Crippen LogP contribution >= 0.6 is 11.6 Å². The molecule has 5 heteroatoms. The van der Waals surface area contributed by atoms with Gasteiger partial charge >= 0.3 is 0 Å². The van der Waals surface area contributed by atoms with Gasteiger partial charge in [-0.15, -0.1) is 0 Å². The van der Waals surface area contributed by atoms with Crippen molar-refractivity contribution in [3.8, 4) is 16.9 Å². The van der Waals surface area contributed by atoms with Crippen LogP contribution < -0.4 is 0 Å². The zero-order valence-electron chi connectivity index (χ0n) is 8.35. The Morgan fingerprint density at radius 2 is 1.65 bits per heavy atom. The van der Waals surface area contributed by atoms with Crippen LogP contribution in [0.2, 0.25) is 5.02 Å². The van der Waals surface area contributed by atoms with Crippen LogP contribution in [0.15, 0.2) is 30.3 Å². The first-order valence-electron chi connectivity index (χ1n) is 4.63. The van der Waals surface area contributed by atoms with Crippen molar-refractivity contribution in [3.05, 3.63) is 52.8 Å². The number of hydrogen-bond donors (Lipinski definition) is 1. The van der Waals surface area contributed by atoms with Gasteiger partial charge in [-0.05, 0) is 29.8 Å². The second kappa shape index (κ2) is 4.30. The molecule has 0 aliphatic heterocycles. The van der Waals surface area contributed by atoms with Crippen molar-refractivity contribution in [3.63, 3.8) is 0 Å². The van der Waals surface area contributed by atoms with Gasteiger partial charge < -0.3 is 5.11 Å². The molecule has 0 bridgehead atoms. The van der Waals surface area contributed by atoms with E-state index in [0.29, 0.717) is 0 Å². The predicted molar refractivity (Wildman–Crippen MR) is 58.4 cm³/mol. The summed E-state index contributed by atoms with van der Waals surface area (Å²) < 4.78 is 39.6. The number of benzene rings is 2. The molecule has 0 spiro atoms. The Morgan fingerprint density at radius 3 is 2.29 bits per heavy atom. The summed E-state index contributed by atoms with van der Waals surface area (Å²) in [4.78, 5) is 0. The lowest BCUT2D eigenvalue weighted by Gasteiger charge is -2.06. The van der Waals surface area contributed by atoms with Crippen LogP contribution in [-0.4, -0.2) is 5.11 Å². The van der Waals surface area contributed by atoms with Gasteiger partial charge in [-0.3, -0.25) is 0 Å². The van der Waals surface area contributed by atoms with Crippen molar-refractivity contribution in [1.82, 2.24) is 0 Å². The van der Waals surface area contributed by atoms with Crippen molar-refractivity contribution in [2.45, 2.75) is 0 Å². The molecule has 0 radical (unpaired) electrons. The van der Waals surface area contributed by atoms with E-state index in [-0.39, 0.29) is 16.1 Å². The lowest BCUT2D eigenvalue weighted by Crippen LogP contribution is -1.90. The Morgan fingerprint density at radius 1 is 0.941 bits per heavy atom. The average molecular weight is 259 g/mol. The summed E-state index contributed by atoms with van der Waals surface area (Å²) in [7, 11) is 0. The third-order valence-electron chi connectivity index (χ3n) is 2.29. The van der Waals surface area contributed by atoms with E-state index in [1.165, 1.54) is 18.2 Å². The molecule has 17 heavy (non-hydrogen) atoms. The Bertz CT molecular complexity index is 584. The lowest BCUT2D eigenvalue weighted by molar-refractivity contribution is 0.408. The number of hydrogen-bond acceptors (Lipinski definition) is 1. The highest BCUT2D eigenvalue weighted by Gasteiger charge is 2.14. The minimum atomic E-state index is -1.34. The van der Waals surface area contributed by atoms with Crippen LogP contribution in [-0.2, 0) is 0 Å². The zero-order valence-corrected chi connectivity index (χ0v) is 9.10. The molecule has 2 rings (SSSR count). The third-order valence-corrected chi connectivity index (χ3v) is 2.58. The van der Waals surface area contributed by atoms with Crippen molar-refractivity contribution in [2.24, 2.45) is 0 Å². The van der Waals surface area contributed by atoms with Gasteiger partial charge in [0.25, 0.3) is 0 Å². The van der Waals surface area contributed by atoms with Gasteiger partial charge in [-0.25, -0.2) is 8.78 Å². The van der Waals surface area contributed by atoms with E-state index in [9.17, 15) is 13.2 Å². The lowest BCUT2D eigenvalue weighted by atomic mass is 10.0. The highest BCUT2D eigenvalue weighted by molar-refractivity contribution is 6.31. The number of rotatable bonds is 1. The SMILES string of the molecule is Oc1ccc(-c2ccc(F)c(Cl)c2)c(F)c1F. The average Bonchev–Trinajstić information content (AvgIpc) is 2.30. The van der Waals surface area contributed by atoms with E-state index in [1.807, 2.05) is 0 Å². The molecule has 1 nitrogen and oxygen atoms in total. The number of phenolic OH excluding ortho intramolecular Hbond substituents is 1. The molecule has 0 saturated carbocycles. The molecule has 1 N–H and O–H groups in total. The molecule has 0 heterocycles. The predicted octanol–water partition coefficient (Wildman–Crippen LogP) is 4.13. The summed E-state index contributed by atoms with van der Waals surface area (Å²) >= 11 is 5.55. The van der Waals surface area contributed by atoms with Gasteiger partial charge in [0.1, 0.15) is 5.82 Å². The molecule has 2 aromatic rings. The highest BCUT2D eigenvalue weighted by Crippen LogP contribution is 2.31. The van der Waals surface area contributed by atoms with Gasteiger partial charge in [-0.2, -0.15) is 4.39 Å². The fourth-order valence-corrected chi connectivity index (χ4v) is 1.61. The first-order valence-corrected chi connectivity index (χ1v) is 5.01. The Balaban J connectivity index is 2.61. The maximum Gasteiger partial charge on any atom is 0.200 e. The summed E-state index contributed by atoms with van der Waals surface area (Å²) in [5.74, 6) is -3.97. The van der Waals surface area contributed by atoms with E-state index < -0.39 is 23.2 Å². The maximum atomic E-state index is 13.5. The van der Waals surface area contributed by atoms with Gasteiger partial charge in [-0.1, -0.05) is 17.7 Å². The minimum absolute atomic E-state index is 0.0952. The van der Waals surface area contributed by atoms with E-state index in [1.54, 1.807) is 0 Å². The van der Waals surface area contributed by atoms with E-state index in [4.69, 9.17) is 16.7 Å². The molecule has 0 aliphatic rings. The molecule has 88 valence electrons. The molecule has 0 saturated heterocycles. The molecule has 0 amide bonds. The van der Waals surface area contributed by atoms with Crippen molar-refractivity contribution in [2.75, 3.05) is 0 Å². The Labute approximate surface area is 100 Å². The highest BCUT2D eigenvalue weighted by atomic mass is 35.5. The first kappa shape index (κ1) is 11.8.